The Hall–Kier alpha value is -3.90. The molecule has 0 N–H and O–H groups in total. The molecule has 0 aliphatic heterocycles. The second kappa shape index (κ2) is 47.1. The topological polar surface area (TPSA) is 18.5 Å². The van der Waals surface area contributed by atoms with E-state index in [1.807, 2.05) is 59.7 Å². The van der Waals surface area contributed by atoms with E-state index in [4.69, 9.17) is 9.47 Å². The second-order valence-corrected chi connectivity index (χ2v) is 52.6. The van der Waals surface area contributed by atoms with Gasteiger partial charge in [0.05, 0.1) is 11.2 Å². The zero-order valence-corrected chi connectivity index (χ0v) is 64.9. The molecule has 0 saturated heterocycles. The van der Waals surface area contributed by atoms with Crippen molar-refractivity contribution in [2.75, 3.05) is 14.2 Å². The minimum Gasteiger partial charge on any atom is -0.379 e. The molecule has 86 heavy (non-hydrogen) atoms. The summed E-state index contributed by atoms with van der Waals surface area (Å²) in [5.74, 6) is -9.52. The van der Waals surface area contributed by atoms with Crippen molar-refractivity contribution in [1.29, 1.82) is 0 Å². The minimum absolute atomic E-state index is 0. The Kier molecular flexibility index (Phi) is 47.3. The summed E-state index contributed by atoms with van der Waals surface area (Å²) in [6.07, 6.45) is 0. The molecule has 2 nitrogen and oxygen atoms in total. The summed E-state index contributed by atoms with van der Waals surface area (Å²) in [5, 5.41) is 0. The summed E-state index contributed by atoms with van der Waals surface area (Å²) in [4.78, 5) is 0. The maximum atomic E-state index is 12.4. The van der Waals surface area contributed by atoms with Crippen LogP contribution in [-0.2, 0) is 9.47 Å². The lowest BCUT2D eigenvalue weighted by atomic mass is 10.2. The van der Waals surface area contributed by atoms with Gasteiger partial charge in [-0.1, -0.05) is 224 Å². The Morgan fingerprint density at radius 2 is 0.407 bits per heavy atom. The third-order valence-electron chi connectivity index (χ3n) is 8.65. The molecule has 8 aromatic carbocycles. The van der Waals surface area contributed by atoms with Crippen molar-refractivity contribution < 1.29 is 99.7 Å². The molecule has 0 spiro atoms. The Morgan fingerprint density at radius 1 is 0.279 bits per heavy atom. The van der Waals surface area contributed by atoms with E-state index >= 15 is 0 Å². The van der Waals surface area contributed by atoms with E-state index in [1.54, 1.807) is 14.2 Å². The molecule has 0 aliphatic carbocycles. The van der Waals surface area contributed by atoms with Crippen LogP contribution in [0.3, 0.4) is 0 Å². The van der Waals surface area contributed by atoms with Gasteiger partial charge in [-0.25, -0.2) is 22.0 Å². The summed E-state index contributed by atoms with van der Waals surface area (Å²) >= 11 is 0.0861. The number of rotatable bonds is 6. The van der Waals surface area contributed by atoms with Crippen LogP contribution < -0.4 is 63.6 Å². The highest BCUT2D eigenvalue weighted by Crippen LogP contribution is 2.21. The SMILES string of the molecule is COC(C)(C)C.COC(C)(C)C.C[Si](C)(C)C.C[Si](C)(C)C.C[Si](C)(C)C.Cc1c(F)c(F)c(F)c(F)c1F.Cc1ccccc1.F.c1ccc([I+]c2ccccc2)cc1.c1ccc([I+]c2ccccc2)cc1.c1ccc([I+]c2ccccc2)cc1. The molecule has 0 saturated carbocycles. The van der Waals surface area contributed by atoms with Gasteiger partial charge in [0.1, 0.15) is 0 Å². The van der Waals surface area contributed by atoms with Crippen molar-refractivity contribution in [2.45, 2.75) is 145 Å². The first-order valence-electron chi connectivity index (χ1n) is 28.2. The molecule has 8 aromatic rings. The lowest BCUT2D eigenvalue weighted by Crippen LogP contribution is -3.61. The molecule has 0 aromatic heterocycles. The van der Waals surface area contributed by atoms with Gasteiger partial charge in [0, 0.05) is 44.0 Å². The molecule has 0 atom stereocenters. The van der Waals surface area contributed by atoms with Gasteiger partial charge in [-0.2, -0.15) is 0 Å². The molecule has 0 bridgehead atoms. The minimum atomic E-state index is -2.13. The first-order chi connectivity index (χ1) is 39.3. The second-order valence-electron chi connectivity index (χ2n) is 25.5. The molecule has 0 aliphatic rings. The highest BCUT2D eigenvalue weighted by Gasteiger charge is 2.23. The molecule has 0 amide bonds. The lowest BCUT2D eigenvalue weighted by Gasteiger charge is -2.14. The van der Waals surface area contributed by atoms with Crippen LogP contribution in [0.1, 0.15) is 52.7 Å². The highest BCUT2D eigenvalue weighted by molar-refractivity contribution is 6.75. The van der Waals surface area contributed by atoms with Crippen LogP contribution in [-0.4, -0.2) is 49.6 Å². The number of hydrogen-bond acceptors (Lipinski definition) is 2. The quantitative estimate of drug-likeness (QED) is 0.0543. The van der Waals surface area contributed by atoms with E-state index in [9.17, 15) is 22.0 Å². The fourth-order valence-corrected chi connectivity index (χ4v) is 11.3. The van der Waals surface area contributed by atoms with Gasteiger partial charge in [-0.05, 0) is 128 Å². The van der Waals surface area contributed by atoms with E-state index in [-0.39, 0.29) is 79.5 Å². The van der Waals surface area contributed by atoms with E-state index in [2.05, 4.69) is 280 Å². The van der Waals surface area contributed by atoms with E-state index in [0.29, 0.717) is 0 Å². The molecular formula is C72H102F6I3O2Si3+3. The van der Waals surface area contributed by atoms with Crippen LogP contribution in [0.4, 0.5) is 26.7 Å². The smallest absolute Gasteiger partial charge is 0.357 e. The van der Waals surface area contributed by atoms with Crippen LogP contribution in [0.15, 0.2) is 212 Å². The first-order valence-corrected chi connectivity index (χ1v) is 46.7. The fraction of sp³-hybridized carbons (Fsp3) is 0.333. The first kappa shape index (κ1) is 86.3. The molecule has 0 unspecified atom stereocenters. The molecule has 0 fully saturated rings. The Morgan fingerprint density at radius 3 is 0.523 bits per heavy atom. The maximum Gasteiger partial charge on any atom is 0.357 e. The summed E-state index contributed by atoms with van der Waals surface area (Å²) in [5.41, 5.74) is 0.536. The number of aryl methyl sites for hydroxylation is 1. The normalized spacial score (nSPS) is 10.4. The van der Waals surface area contributed by atoms with Gasteiger partial charge in [0.15, 0.2) is 44.7 Å². The van der Waals surface area contributed by atoms with Crippen molar-refractivity contribution >= 4 is 24.2 Å². The zero-order chi connectivity index (χ0) is 65.3. The summed E-state index contributed by atoms with van der Waals surface area (Å²) in [6.45, 7) is 42.9. The summed E-state index contributed by atoms with van der Waals surface area (Å²) < 4.78 is 80.3. The number of benzene rings is 8. The summed E-state index contributed by atoms with van der Waals surface area (Å²) in [6, 6.07) is 74.5. The lowest BCUT2D eigenvalue weighted by molar-refractivity contribution is -0.597. The number of hydrogen-bond donors (Lipinski definition) is 0. The number of ether oxygens (including phenoxy) is 2. The largest absolute Gasteiger partial charge is 0.379 e. The molecule has 14 heteroatoms. The average Bonchev–Trinajstić information content (AvgIpc) is 2.92. The van der Waals surface area contributed by atoms with Crippen molar-refractivity contribution in [3.8, 4) is 0 Å². The van der Waals surface area contributed by atoms with Crippen molar-refractivity contribution in [2.24, 2.45) is 0 Å². The Labute approximate surface area is 552 Å². The monoisotopic (exact) mass is 1580 g/mol. The van der Waals surface area contributed by atoms with Gasteiger partial charge in [-0.15, -0.1) is 0 Å². The predicted molar refractivity (Wildman–Crippen MR) is 357 cm³/mol. The van der Waals surface area contributed by atoms with Crippen LogP contribution in [0, 0.1) is 64.4 Å². The Balaban J connectivity index is -0.000000912. The number of methoxy groups -OCH3 is 2. The van der Waals surface area contributed by atoms with Crippen molar-refractivity contribution in [3.05, 3.63) is 274 Å². The van der Waals surface area contributed by atoms with Crippen molar-refractivity contribution in [1.82, 2.24) is 0 Å². The van der Waals surface area contributed by atoms with E-state index in [0.717, 1.165) is 6.92 Å². The van der Waals surface area contributed by atoms with E-state index in [1.165, 1.54) is 27.0 Å². The predicted octanol–water partition coefficient (Wildman–Crippen LogP) is 13.0. The molecule has 474 valence electrons. The van der Waals surface area contributed by atoms with Crippen LogP contribution in [0.2, 0.25) is 78.6 Å². The van der Waals surface area contributed by atoms with Gasteiger partial charge in [0.25, 0.3) is 0 Å². The molecule has 8 rings (SSSR count). The Bertz CT molecular complexity index is 2410. The average molecular weight is 1580 g/mol. The van der Waals surface area contributed by atoms with Gasteiger partial charge in [-0.3, -0.25) is 4.70 Å². The standard InChI is InChI=1S/3C12H10I.C7H3F5.C7H8.2C5H12O.3C4H12Si.FH/c3*1-3-7-11(8-4-1)13-12-9-5-2-6-10-12;1-2-3(8)5(10)7(12)6(11)4(2)9;1-7-5-3-2-4-6-7;2*1-5(2,3)6-4;3*1-5(2,3)4;/h3*1-10H;1H3;2-6H,1H3;2*1-4H3;3*1-4H3;1H/q3*+1;;;;;;;;. The van der Waals surface area contributed by atoms with Gasteiger partial charge >= 0.3 is 63.6 Å². The third kappa shape index (κ3) is 56.6. The molecular weight excluding hydrogens is 1480 g/mol. The van der Waals surface area contributed by atoms with Crippen LogP contribution >= 0.6 is 0 Å². The fourth-order valence-electron chi connectivity index (χ4n) is 4.49. The molecule has 0 heterocycles. The van der Waals surface area contributed by atoms with Crippen LogP contribution in [0.25, 0.3) is 0 Å². The molecule has 0 radical (unpaired) electrons. The zero-order valence-electron chi connectivity index (χ0n) is 55.5. The third-order valence-corrected chi connectivity index (χ3v) is 16.7. The maximum absolute atomic E-state index is 12.4. The van der Waals surface area contributed by atoms with E-state index < -0.39 is 58.9 Å². The van der Waals surface area contributed by atoms with Gasteiger partial charge in [0.2, 0.25) is 5.82 Å². The summed E-state index contributed by atoms with van der Waals surface area (Å²) in [7, 11) is 1.58. The van der Waals surface area contributed by atoms with Gasteiger partial charge < -0.3 is 9.47 Å². The van der Waals surface area contributed by atoms with Crippen LogP contribution in [0.5, 0.6) is 0 Å². The number of halogens is 9. The van der Waals surface area contributed by atoms with Crippen molar-refractivity contribution in [3.63, 3.8) is 0 Å². The highest BCUT2D eigenvalue weighted by atomic mass is 127.